The third-order valence-corrected chi connectivity index (χ3v) is 13.2. The fourth-order valence-electron chi connectivity index (χ4n) is 9.70. The number of fused-ring (bicyclic) bond motifs is 6. The molecule has 4 amide bonds. The predicted molar refractivity (Wildman–Crippen MR) is 238 cm³/mol. The number of likely N-dealkylation sites (tertiary alicyclic amines) is 2. The van der Waals surface area contributed by atoms with Gasteiger partial charge in [0.2, 0.25) is 11.8 Å². The van der Waals surface area contributed by atoms with E-state index in [0.717, 1.165) is 74.8 Å². The highest BCUT2D eigenvalue weighted by atomic mass is 16.5. The summed E-state index contributed by atoms with van der Waals surface area (Å²) in [5.41, 5.74) is 6.44. The third-order valence-electron chi connectivity index (χ3n) is 13.2. The number of H-pyrrole nitrogens is 2. The van der Waals surface area contributed by atoms with Crippen molar-refractivity contribution in [3.05, 3.63) is 65.9 Å². The topological polar surface area (TPSA) is 202 Å². The van der Waals surface area contributed by atoms with Crippen LogP contribution in [-0.2, 0) is 35.1 Å². The number of methoxy groups -OCH3 is 4. The Hall–Kier alpha value is -6.20. The van der Waals surface area contributed by atoms with Gasteiger partial charge in [0.1, 0.15) is 36.1 Å². The number of nitrogens with one attached hydrogen (secondary N) is 4. The zero-order valence-corrected chi connectivity index (χ0v) is 37.7. The highest BCUT2D eigenvalue weighted by Gasteiger charge is 2.44. The molecule has 64 heavy (non-hydrogen) atoms. The Bertz CT molecular complexity index is 2550. The average Bonchev–Trinajstić information content (AvgIpc) is 4.14. The Balaban J connectivity index is 1.06. The Kier molecular flexibility index (Phi) is 12.8. The summed E-state index contributed by atoms with van der Waals surface area (Å²) in [6.07, 6.45) is 2.86. The molecule has 0 unspecified atom stereocenters. The molecule has 2 saturated heterocycles. The molecule has 4 N–H and O–H groups in total. The van der Waals surface area contributed by atoms with E-state index in [1.54, 1.807) is 18.9 Å². The van der Waals surface area contributed by atoms with Gasteiger partial charge in [-0.25, -0.2) is 19.6 Å². The van der Waals surface area contributed by atoms with Crippen molar-refractivity contribution in [3.63, 3.8) is 0 Å². The Morgan fingerprint density at radius 2 is 1.64 bits per heavy atom. The van der Waals surface area contributed by atoms with Gasteiger partial charge >= 0.3 is 12.2 Å². The molecule has 340 valence electrons. The van der Waals surface area contributed by atoms with Gasteiger partial charge in [-0.15, -0.1) is 0 Å². The van der Waals surface area contributed by atoms with E-state index in [1.807, 2.05) is 37.1 Å². The summed E-state index contributed by atoms with van der Waals surface area (Å²) in [6, 6.07) is 12.2. The maximum Gasteiger partial charge on any atom is 0.407 e. The molecule has 3 aliphatic rings. The number of ether oxygens (including phenoxy) is 5. The van der Waals surface area contributed by atoms with Crippen molar-refractivity contribution in [1.82, 2.24) is 40.4 Å². The average molecular weight is 879 g/mol. The van der Waals surface area contributed by atoms with Gasteiger partial charge in [0.15, 0.2) is 0 Å². The number of aromatic nitrogens is 4. The Morgan fingerprint density at radius 3 is 2.34 bits per heavy atom. The van der Waals surface area contributed by atoms with Crippen molar-refractivity contribution in [2.75, 3.05) is 41.6 Å². The largest absolute Gasteiger partial charge is 0.488 e. The van der Waals surface area contributed by atoms with Crippen LogP contribution in [0.3, 0.4) is 0 Å². The van der Waals surface area contributed by atoms with E-state index >= 15 is 0 Å². The molecule has 0 spiro atoms. The molecule has 0 radical (unpaired) electrons. The quantitative estimate of drug-likeness (QED) is 0.0971. The molecular formula is C47H58N8O9. The second-order valence-electron chi connectivity index (χ2n) is 17.4. The maximum absolute atomic E-state index is 14.2. The smallest absolute Gasteiger partial charge is 0.407 e. The van der Waals surface area contributed by atoms with Crippen LogP contribution in [-0.4, -0.2) is 120 Å². The fraction of sp³-hybridized carbons (Fsp3) is 0.489. The lowest BCUT2D eigenvalue weighted by Crippen LogP contribution is -2.54. The van der Waals surface area contributed by atoms with Gasteiger partial charge in [0.25, 0.3) is 0 Å². The first-order valence-electron chi connectivity index (χ1n) is 22.0. The van der Waals surface area contributed by atoms with Crippen LogP contribution in [0.5, 0.6) is 5.75 Å². The fourth-order valence-corrected chi connectivity index (χ4v) is 9.70. The zero-order chi connectivity index (χ0) is 45.4. The number of hydrogen-bond acceptors (Lipinski definition) is 11. The van der Waals surface area contributed by atoms with Crippen molar-refractivity contribution in [3.8, 4) is 28.1 Å². The third kappa shape index (κ3) is 8.33. The second-order valence-corrected chi connectivity index (χ2v) is 17.4. The van der Waals surface area contributed by atoms with Crippen LogP contribution >= 0.6 is 0 Å². The van der Waals surface area contributed by atoms with Crippen LogP contribution in [0, 0.1) is 11.8 Å². The number of imidazole rings is 2. The van der Waals surface area contributed by atoms with E-state index in [9.17, 15) is 19.2 Å². The van der Waals surface area contributed by atoms with E-state index in [1.165, 1.54) is 21.3 Å². The lowest BCUT2D eigenvalue weighted by atomic mass is 9.92. The Labute approximate surface area is 371 Å². The van der Waals surface area contributed by atoms with Gasteiger partial charge in [-0.05, 0) is 84.9 Å². The molecule has 5 heterocycles. The summed E-state index contributed by atoms with van der Waals surface area (Å²) in [5.74, 6) is 1.59. The van der Waals surface area contributed by atoms with Gasteiger partial charge < -0.3 is 54.1 Å². The summed E-state index contributed by atoms with van der Waals surface area (Å²) in [4.78, 5) is 73.2. The van der Waals surface area contributed by atoms with Crippen LogP contribution in [0.25, 0.3) is 44.2 Å². The van der Waals surface area contributed by atoms with Crippen LogP contribution in [0.2, 0.25) is 0 Å². The molecule has 2 fully saturated rings. The molecule has 17 nitrogen and oxygen atoms in total. The molecule has 5 aromatic rings. The Morgan fingerprint density at radius 1 is 0.875 bits per heavy atom. The molecule has 0 aliphatic carbocycles. The monoisotopic (exact) mass is 878 g/mol. The van der Waals surface area contributed by atoms with Gasteiger partial charge in [0, 0.05) is 43.7 Å². The SMILES string of the molecule is CC[C@H]1CC[C@@H](c2ncc(-c3ccc4c(c3)COc3cc5c(ccc6nc([C@@H]7C[C@H](COC)CN7C(=O)[C@@H](NC(=O)OC)[C@@H](C)OC)[nH]c65)cc3-4)[nH]2)N1C(=O)[C@@H](NC(=O)OC)C(C)C. The molecule has 17 heteroatoms. The summed E-state index contributed by atoms with van der Waals surface area (Å²) in [6.45, 7) is 8.88. The van der Waals surface area contributed by atoms with E-state index in [4.69, 9.17) is 33.7 Å². The van der Waals surface area contributed by atoms with Crippen molar-refractivity contribution >= 4 is 45.8 Å². The summed E-state index contributed by atoms with van der Waals surface area (Å²) in [7, 11) is 5.69. The second kappa shape index (κ2) is 18.5. The first-order chi connectivity index (χ1) is 30.9. The number of carbonyl (C=O) groups excluding carboxylic acids is 4. The van der Waals surface area contributed by atoms with Crippen LogP contribution in [0.15, 0.2) is 48.7 Å². The molecule has 3 aliphatic heterocycles. The van der Waals surface area contributed by atoms with E-state index < -0.39 is 36.4 Å². The molecule has 0 bridgehead atoms. The number of hydrogen-bond donors (Lipinski definition) is 4. The molecule has 3 aromatic carbocycles. The van der Waals surface area contributed by atoms with Crippen LogP contribution in [0.1, 0.15) is 82.7 Å². The summed E-state index contributed by atoms with van der Waals surface area (Å²) in [5, 5.41) is 7.34. The van der Waals surface area contributed by atoms with Crippen LogP contribution in [0.4, 0.5) is 9.59 Å². The van der Waals surface area contributed by atoms with E-state index in [0.29, 0.717) is 37.8 Å². The minimum atomic E-state index is -0.971. The van der Waals surface area contributed by atoms with Crippen molar-refractivity contribution in [2.45, 2.75) is 96.3 Å². The van der Waals surface area contributed by atoms with Crippen LogP contribution < -0.4 is 15.4 Å². The van der Waals surface area contributed by atoms with E-state index in [2.05, 4.69) is 57.9 Å². The van der Waals surface area contributed by atoms with Crippen molar-refractivity contribution in [2.24, 2.45) is 11.8 Å². The normalized spacial score (nSPS) is 20.7. The first-order valence-corrected chi connectivity index (χ1v) is 22.0. The standard InChI is InChI=1S/C47H58N8O9/c1-9-30-12-15-36(55(30)45(57)39(24(2)3)52-46(58)62-7)42-48-20-35(50-42)28-10-13-31-29(17-28)23-64-38-19-32-27(18-33(31)38)11-14-34-41(32)51-43(49-34)37-16-26(22-60-5)21-54(37)44(56)40(25(4)61-6)53-47(59)63-8/h10-11,13-14,17-20,24-26,30,36-37,39-40H,9,12,15-16,21-23H2,1-8H3,(H,48,50)(H,49,51)(H,52,58)(H,53,59)/t25-,26+,30+,36+,37+,39+,40+/m1/s1. The number of benzene rings is 3. The molecular weight excluding hydrogens is 821 g/mol. The lowest BCUT2D eigenvalue weighted by molar-refractivity contribution is -0.138. The van der Waals surface area contributed by atoms with Crippen molar-refractivity contribution in [1.29, 1.82) is 0 Å². The van der Waals surface area contributed by atoms with Gasteiger partial charge in [-0.3, -0.25) is 9.59 Å². The number of carbonyl (C=O) groups is 4. The predicted octanol–water partition coefficient (Wildman–Crippen LogP) is 6.78. The summed E-state index contributed by atoms with van der Waals surface area (Å²) >= 11 is 0. The maximum atomic E-state index is 14.2. The zero-order valence-electron chi connectivity index (χ0n) is 37.7. The van der Waals surface area contributed by atoms with Crippen molar-refractivity contribution < 1.29 is 42.9 Å². The molecule has 2 aromatic heterocycles. The highest BCUT2D eigenvalue weighted by molar-refractivity contribution is 6.07. The van der Waals surface area contributed by atoms with Gasteiger partial charge in [0.05, 0.1) is 61.9 Å². The number of alkyl carbamates (subject to hydrolysis) is 2. The molecule has 0 saturated carbocycles. The number of aromatic amines is 2. The minimum absolute atomic E-state index is 0.0268. The lowest BCUT2D eigenvalue weighted by Gasteiger charge is -2.34. The van der Waals surface area contributed by atoms with Gasteiger partial charge in [-0.2, -0.15) is 0 Å². The minimum Gasteiger partial charge on any atom is -0.488 e. The molecule has 8 rings (SSSR count). The number of rotatable bonds is 13. The highest BCUT2D eigenvalue weighted by Crippen LogP contribution is 2.44. The number of amides is 4. The molecule has 7 atom stereocenters. The first kappa shape index (κ1) is 44.4. The van der Waals surface area contributed by atoms with Gasteiger partial charge in [-0.1, -0.05) is 39.0 Å². The summed E-state index contributed by atoms with van der Waals surface area (Å²) < 4.78 is 27.1. The van der Waals surface area contributed by atoms with E-state index in [-0.39, 0.29) is 35.7 Å². The number of nitrogens with zero attached hydrogens (tertiary/aromatic N) is 4.